The van der Waals surface area contributed by atoms with Crippen LogP contribution in [0.2, 0.25) is 0 Å². The van der Waals surface area contributed by atoms with Crippen LogP contribution in [0.1, 0.15) is 53.1 Å². The van der Waals surface area contributed by atoms with E-state index in [0.717, 1.165) is 12.8 Å². The molecule has 37 heavy (non-hydrogen) atoms. The zero-order chi connectivity index (χ0) is 25.5. The molecule has 2 heterocycles. The second-order valence-electron chi connectivity index (χ2n) is 10.2. The van der Waals surface area contributed by atoms with Gasteiger partial charge in [0.1, 0.15) is 6.61 Å². The molecule has 6 nitrogen and oxygen atoms in total. The number of fused-ring (bicyclic) bond motifs is 5. The van der Waals surface area contributed by atoms with Crippen LogP contribution in [0.3, 0.4) is 0 Å². The number of carbonyl (C=O) groups excluding carboxylic acids is 2. The van der Waals surface area contributed by atoms with E-state index in [1.54, 1.807) is 32.4 Å². The van der Waals surface area contributed by atoms with E-state index in [4.69, 9.17) is 14.2 Å². The topological polar surface area (TPSA) is 65.1 Å². The molecule has 2 unspecified atom stereocenters. The van der Waals surface area contributed by atoms with Crippen molar-refractivity contribution in [1.82, 2.24) is 4.90 Å². The molecule has 3 aliphatic rings. The number of piperidine rings is 1. The number of Topliss-reactive ketones (excluding diaryl/α,β-unsaturated/α-hetero) is 1. The van der Waals surface area contributed by atoms with Gasteiger partial charge < -0.3 is 19.1 Å². The first-order valence-corrected chi connectivity index (χ1v) is 13.0. The van der Waals surface area contributed by atoms with Gasteiger partial charge in [-0.05, 0) is 66.1 Å². The summed E-state index contributed by atoms with van der Waals surface area (Å²) in [5.41, 5.74) is 5.47. The lowest BCUT2D eigenvalue weighted by Crippen LogP contribution is -2.48. The highest BCUT2D eigenvalue weighted by molar-refractivity contribution is 5.98. The van der Waals surface area contributed by atoms with Crippen LogP contribution in [0, 0.1) is 5.92 Å². The van der Waals surface area contributed by atoms with Gasteiger partial charge in [0, 0.05) is 29.5 Å². The number of benzene rings is 3. The van der Waals surface area contributed by atoms with Crippen molar-refractivity contribution in [1.29, 1.82) is 0 Å². The van der Waals surface area contributed by atoms with E-state index in [9.17, 15) is 9.59 Å². The van der Waals surface area contributed by atoms with E-state index >= 15 is 0 Å². The number of methoxy groups -OCH3 is 2. The minimum absolute atomic E-state index is 0.0310. The fraction of sp³-hybridized carbons (Fsp3) is 0.355. The van der Waals surface area contributed by atoms with Crippen molar-refractivity contribution in [3.05, 3.63) is 83.4 Å². The zero-order valence-corrected chi connectivity index (χ0v) is 21.2. The van der Waals surface area contributed by atoms with Gasteiger partial charge in [0.15, 0.2) is 17.3 Å². The number of ether oxygens (including phenoxy) is 3. The van der Waals surface area contributed by atoms with Crippen molar-refractivity contribution in [3.8, 4) is 22.6 Å². The van der Waals surface area contributed by atoms with Crippen molar-refractivity contribution in [2.75, 3.05) is 20.8 Å². The highest BCUT2D eigenvalue weighted by atomic mass is 16.6. The Balaban J connectivity index is 1.14. The number of nitrogens with zero attached hydrogens (tertiary/aromatic N) is 1. The Hall–Kier alpha value is -3.80. The summed E-state index contributed by atoms with van der Waals surface area (Å²) in [5.74, 6) is 1.17. The van der Waals surface area contributed by atoms with E-state index in [-0.39, 0.29) is 35.8 Å². The normalized spacial score (nSPS) is 21.8. The van der Waals surface area contributed by atoms with Crippen molar-refractivity contribution >= 4 is 11.9 Å². The SMILES string of the molecule is COc1ccc(C(=O)C2CC3CCC(C2)N3C(=O)OCC2c3ccccc3-c3ccccc32)cc1OC. The molecule has 6 heteroatoms. The molecular formula is C31H31NO5. The van der Waals surface area contributed by atoms with Gasteiger partial charge in [0.05, 0.1) is 14.2 Å². The molecule has 1 amide bonds. The second-order valence-corrected chi connectivity index (χ2v) is 10.2. The Morgan fingerprint density at radius 1 is 0.811 bits per heavy atom. The van der Waals surface area contributed by atoms with Gasteiger partial charge in [0.2, 0.25) is 0 Å². The Kier molecular flexibility index (Phi) is 6.11. The van der Waals surface area contributed by atoms with Crippen LogP contribution >= 0.6 is 0 Å². The molecule has 190 valence electrons. The largest absolute Gasteiger partial charge is 0.493 e. The quantitative estimate of drug-likeness (QED) is 0.386. The summed E-state index contributed by atoms with van der Waals surface area (Å²) in [7, 11) is 3.15. The molecule has 2 atom stereocenters. The van der Waals surface area contributed by atoms with Gasteiger partial charge in [-0.2, -0.15) is 0 Å². The molecule has 0 aromatic heterocycles. The molecule has 3 aromatic rings. The predicted molar refractivity (Wildman–Crippen MR) is 140 cm³/mol. The lowest BCUT2D eigenvalue weighted by Gasteiger charge is -2.37. The van der Waals surface area contributed by atoms with Crippen molar-refractivity contribution in [2.24, 2.45) is 5.92 Å². The van der Waals surface area contributed by atoms with Crippen molar-refractivity contribution in [3.63, 3.8) is 0 Å². The van der Waals surface area contributed by atoms with Gasteiger partial charge in [-0.3, -0.25) is 4.79 Å². The van der Waals surface area contributed by atoms with Crippen molar-refractivity contribution < 1.29 is 23.8 Å². The minimum Gasteiger partial charge on any atom is -0.493 e. The van der Waals surface area contributed by atoms with Crippen LogP contribution in [0.4, 0.5) is 4.79 Å². The molecule has 6 rings (SSSR count). The van der Waals surface area contributed by atoms with E-state index in [0.29, 0.717) is 36.5 Å². The second kappa shape index (κ2) is 9.58. The van der Waals surface area contributed by atoms with E-state index in [2.05, 4.69) is 36.4 Å². The minimum atomic E-state index is -0.258. The molecule has 2 aliphatic heterocycles. The summed E-state index contributed by atoms with van der Waals surface area (Å²) in [5, 5.41) is 0. The number of carbonyl (C=O) groups is 2. The molecule has 0 radical (unpaired) electrons. The number of ketones is 1. The van der Waals surface area contributed by atoms with Crippen molar-refractivity contribution in [2.45, 2.75) is 43.7 Å². The molecule has 2 bridgehead atoms. The molecule has 2 saturated heterocycles. The lowest BCUT2D eigenvalue weighted by atomic mass is 9.85. The third kappa shape index (κ3) is 4.05. The van der Waals surface area contributed by atoms with Crippen LogP contribution in [0.5, 0.6) is 11.5 Å². The summed E-state index contributed by atoms with van der Waals surface area (Å²) in [6, 6.07) is 22.1. The van der Waals surface area contributed by atoms with Gasteiger partial charge in [-0.25, -0.2) is 4.79 Å². The smallest absolute Gasteiger partial charge is 0.410 e. The average Bonchev–Trinajstić information content (AvgIpc) is 3.41. The Bertz CT molecular complexity index is 1290. The maximum absolute atomic E-state index is 13.4. The number of rotatable bonds is 6. The molecule has 0 saturated carbocycles. The van der Waals surface area contributed by atoms with Crippen LogP contribution in [0.15, 0.2) is 66.7 Å². The Labute approximate surface area is 217 Å². The maximum atomic E-state index is 13.4. The Morgan fingerprint density at radius 3 is 2.00 bits per heavy atom. The summed E-state index contributed by atoms with van der Waals surface area (Å²) in [6.07, 6.45) is 2.88. The fourth-order valence-electron chi connectivity index (χ4n) is 6.58. The Morgan fingerprint density at radius 2 is 1.41 bits per heavy atom. The van der Waals surface area contributed by atoms with E-state index in [1.807, 2.05) is 17.0 Å². The van der Waals surface area contributed by atoms with Gasteiger partial charge in [-0.1, -0.05) is 48.5 Å². The van der Waals surface area contributed by atoms with E-state index in [1.165, 1.54) is 22.3 Å². The lowest BCUT2D eigenvalue weighted by molar-refractivity contribution is 0.0506. The molecule has 2 fully saturated rings. The summed E-state index contributed by atoms with van der Waals surface area (Å²) in [4.78, 5) is 28.6. The number of hydrogen-bond acceptors (Lipinski definition) is 5. The third-order valence-electron chi connectivity index (χ3n) is 8.32. The predicted octanol–water partition coefficient (Wildman–Crippen LogP) is 6.08. The first kappa shape index (κ1) is 23.6. The number of amides is 1. The summed E-state index contributed by atoms with van der Waals surface area (Å²) >= 11 is 0. The molecule has 0 spiro atoms. The van der Waals surface area contributed by atoms with Crippen LogP contribution in [0.25, 0.3) is 11.1 Å². The molecule has 1 aliphatic carbocycles. The molecule has 3 aromatic carbocycles. The highest BCUT2D eigenvalue weighted by Crippen LogP contribution is 2.45. The third-order valence-corrected chi connectivity index (χ3v) is 8.32. The first-order valence-electron chi connectivity index (χ1n) is 13.0. The average molecular weight is 498 g/mol. The van der Waals surface area contributed by atoms with Crippen LogP contribution in [-0.2, 0) is 4.74 Å². The molecular weight excluding hydrogens is 466 g/mol. The fourth-order valence-corrected chi connectivity index (χ4v) is 6.58. The molecule has 0 N–H and O–H groups in total. The van der Waals surface area contributed by atoms with Crippen LogP contribution in [-0.4, -0.2) is 49.7 Å². The standard InChI is InChI=1S/C31H31NO5/c1-35-28-14-11-19(17-29(28)36-2)30(33)20-15-21-12-13-22(16-20)32(21)31(34)37-18-27-25-9-5-3-7-23(25)24-8-4-6-10-26(24)27/h3-11,14,17,20-22,27H,12-13,15-16,18H2,1-2H3. The van der Waals surface area contributed by atoms with Gasteiger partial charge in [0.25, 0.3) is 0 Å². The first-order chi connectivity index (χ1) is 18.1. The van der Waals surface area contributed by atoms with E-state index < -0.39 is 0 Å². The summed E-state index contributed by atoms with van der Waals surface area (Å²) in [6.45, 7) is 0.316. The monoisotopic (exact) mass is 497 g/mol. The maximum Gasteiger partial charge on any atom is 0.410 e. The number of hydrogen-bond donors (Lipinski definition) is 0. The summed E-state index contributed by atoms with van der Waals surface area (Å²) < 4.78 is 16.7. The van der Waals surface area contributed by atoms with Gasteiger partial charge in [-0.15, -0.1) is 0 Å². The highest BCUT2D eigenvalue weighted by Gasteiger charge is 2.46. The van der Waals surface area contributed by atoms with Crippen LogP contribution < -0.4 is 9.47 Å². The zero-order valence-electron chi connectivity index (χ0n) is 21.2. The van der Waals surface area contributed by atoms with Gasteiger partial charge >= 0.3 is 6.09 Å².